The second kappa shape index (κ2) is 12.7. The lowest BCUT2D eigenvalue weighted by Crippen LogP contribution is -2.17. The average molecular weight is 517 g/mol. The Balaban J connectivity index is 0.000000463. The fourth-order valence-corrected chi connectivity index (χ4v) is 4.70. The minimum Gasteiger partial charge on any atom is -0.491 e. The highest BCUT2D eigenvalue weighted by Gasteiger charge is 2.43. The van der Waals surface area contributed by atoms with Crippen LogP contribution in [0.5, 0.6) is 11.5 Å². The van der Waals surface area contributed by atoms with Crippen LogP contribution in [-0.2, 0) is 11.2 Å². The van der Waals surface area contributed by atoms with Gasteiger partial charge in [0.1, 0.15) is 17.7 Å². The minimum absolute atomic E-state index is 0.0604. The van der Waals surface area contributed by atoms with E-state index in [0.717, 1.165) is 23.1 Å². The summed E-state index contributed by atoms with van der Waals surface area (Å²) in [6.45, 7) is 2.37. The van der Waals surface area contributed by atoms with E-state index in [1.165, 1.54) is 6.07 Å². The predicted octanol–water partition coefficient (Wildman–Crippen LogP) is 6.05. The molecule has 0 radical (unpaired) electrons. The van der Waals surface area contributed by atoms with E-state index >= 15 is 4.39 Å². The number of amides is 1. The maximum absolute atomic E-state index is 15.4. The van der Waals surface area contributed by atoms with E-state index in [-0.39, 0.29) is 22.8 Å². The smallest absolute Gasteiger partial charge is 0.206 e. The van der Waals surface area contributed by atoms with E-state index in [1.807, 2.05) is 57.4 Å². The molecule has 5 nitrogen and oxygen atoms in total. The summed E-state index contributed by atoms with van der Waals surface area (Å²) in [5, 5.41) is 4.93. The lowest BCUT2D eigenvalue weighted by Gasteiger charge is -2.28. The van der Waals surface area contributed by atoms with E-state index in [1.54, 1.807) is 13.1 Å². The van der Waals surface area contributed by atoms with Crippen LogP contribution < -0.4 is 20.1 Å². The van der Waals surface area contributed by atoms with E-state index in [9.17, 15) is 4.39 Å². The molecule has 5 rings (SSSR count). The molecule has 2 atom stereocenters. The summed E-state index contributed by atoms with van der Waals surface area (Å²) >= 11 is 6.39. The third kappa shape index (κ3) is 5.47. The number of hydrogen-bond acceptors (Lipinski definition) is 4. The number of ether oxygens (including phenoxy) is 2. The third-order valence-electron chi connectivity index (χ3n) is 5.80. The van der Waals surface area contributed by atoms with Crippen LogP contribution in [0.2, 0.25) is 5.02 Å². The molecule has 0 aromatic heterocycles. The fraction of sp³-hybridized carbons (Fsp3) is 0.321. The summed E-state index contributed by atoms with van der Waals surface area (Å²) in [7, 11) is 5.31. The van der Waals surface area contributed by atoms with Crippen LogP contribution in [0.4, 0.5) is 8.78 Å². The van der Waals surface area contributed by atoms with Crippen molar-refractivity contribution < 1.29 is 23.0 Å². The van der Waals surface area contributed by atoms with Crippen LogP contribution in [-0.4, -0.2) is 34.2 Å². The Morgan fingerprint density at radius 1 is 1.11 bits per heavy atom. The largest absolute Gasteiger partial charge is 0.491 e. The number of halogens is 3. The molecule has 2 aliphatic rings. The standard InChI is InChI=1S/C24H19ClF2O2.C2H5NO.C2H7N/c1-2-10-28-17-9-8-14-11-15-20-18(29-24(15)13-6-4-3-5-7-13)12-16(26)22(25)21(20)19(14)23(17)27;1-3-2-4;1-3-2/h3-9,12,15,24H,2,10-11H2,1H3;2H,1H3,(H,3,4);3H,1-2H3/t15-,24?;;/m0../s1. The molecule has 0 spiro atoms. The molecule has 3 aromatic carbocycles. The second-order valence-electron chi connectivity index (χ2n) is 8.39. The van der Waals surface area contributed by atoms with Gasteiger partial charge in [0.2, 0.25) is 6.41 Å². The molecule has 3 aromatic rings. The molecule has 36 heavy (non-hydrogen) atoms. The van der Waals surface area contributed by atoms with Gasteiger partial charge < -0.3 is 20.1 Å². The van der Waals surface area contributed by atoms with Gasteiger partial charge in [0, 0.05) is 35.7 Å². The predicted molar refractivity (Wildman–Crippen MR) is 139 cm³/mol. The van der Waals surface area contributed by atoms with Crippen LogP contribution in [0.15, 0.2) is 48.5 Å². The molecule has 1 unspecified atom stereocenters. The number of carbonyl (C=O) groups excluding carboxylic acids is 1. The first-order valence-electron chi connectivity index (χ1n) is 11.8. The zero-order valence-electron chi connectivity index (χ0n) is 20.8. The SMILES string of the molecule is CCCOc1ccc2c(c1F)-c1c(Cl)c(F)cc3c1[C@H](C2)C(c1ccccc1)O3.CNC.CNC=O. The summed E-state index contributed by atoms with van der Waals surface area (Å²) < 4.78 is 41.8. The number of rotatable bonds is 5. The maximum Gasteiger partial charge on any atom is 0.206 e. The molecule has 192 valence electrons. The molecule has 2 N–H and O–H groups in total. The van der Waals surface area contributed by atoms with Crippen molar-refractivity contribution >= 4 is 18.0 Å². The van der Waals surface area contributed by atoms with Crippen LogP contribution >= 0.6 is 11.6 Å². The van der Waals surface area contributed by atoms with Crippen LogP contribution in [0, 0.1) is 11.6 Å². The van der Waals surface area contributed by atoms with Gasteiger partial charge in [-0.1, -0.05) is 54.9 Å². The van der Waals surface area contributed by atoms with E-state index in [2.05, 4.69) is 10.6 Å². The van der Waals surface area contributed by atoms with E-state index in [0.29, 0.717) is 36.3 Å². The molecule has 1 aliphatic carbocycles. The van der Waals surface area contributed by atoms with Gasteiger partial charge in [0.25, 0.3) is 0 Å². The Morgan fingerprint density at radius 3 is 2.39 bits per heavy atom. The van der Waals surface area contributed by atoms with Gasteiger partial charge >= 0.3 is 0 Å². The van der Waals surface area contributed by atoms with Gasteiger partial charge in [-0.15, -0.1) is 0 Å². The van der Waals surface area contributed by atoms with Crippen molar-refractivity contribution in [2.75, 3.05) is 27.7 Å². The Bertz CT molecular complexity index is 1190. The van der Waals surface area contributed by atoms with Crippen LogP contribution in [0.3, 0.4) is 0 Å². The molecule has 1 amide bonds. The molecule has 0 fully saturated rings. The summed E-state index contributed by atoms with van der Waals surface area (Å²) in [5.41, 5.74) is 3.29. The molecule has 1 aliphatic heterocycles. The van der Waals surface area contributed by atoms with Crippen molar-refractivity contribution in [2.45, 2.75) is 31.8 Å². The average Bonchev–Trinajstić information content (AvgIpc) is 3.25. The summed E-state index contributed by atoms with van der Waals surface area (Å²) in [4.78, 5) is 9.06. The van der Waals surface area contributed by atoms with Crippen LogP contribution in [0.25, 0.3) is 11.1 Å². The van der Waals surface area contributed by atoms with Crippen molar-refractivity contribution in [3.63, 3.8) is 0 Å². The lowest BCUT2D eigenvalue weighted by molar-refractivity contribution is -0.109. The molecule has 0 saturated carbocycles. The van der Waals surface area contributed by atoms with Gasteiger partial charge in [0.05, 0.1) is 11.6 Å². The number of fused-ring (bicyclic) bond motifs is 2. The van der Waals surface area contributed by atoms with Gasteiger partial charge in [-0.3, -0.25) is 4.79 Å². The molecular formula is C28H31ClF2N2O3. The number of carbonyl (C=O) groups is 1. The molecule has 1 heterocycles. The monoisotopic (exact) mass is 516 g/mol. The number of benzene rings is 3. The number of nitrogens with one attached hydrogen (secondary N) is 2. The molecule has 8 heteroatoms. The zero-order valence-corrected chi connectivity index (χ0v) is 21.6. The van der Waals surface area contributed by atoms with E-state index in [4.69, 9.17) is 25.9 Å². The van der Waals surface area contributed by atoms with Crippen molar-refractivity contribution in [2.24, 2.45) is 0 Å². The highest BCUT2D eigenvalue weighted by atomic mass is 35.5. The van der Waals surface area contributed by atoms with Gasteiger partial charge in [0.15, 0.2) is 11.6 Å². The zero-order chi connectivity index (χ0) is 26.2. The Labute approximate surface area is 215 Å². The Morgan fingerprint density at radius 2 is 1.78 bits per heavy atom. The Hall–Kier alpha value is -3.16. The van der Waals surface area contributed by atoms with Crippen molar-refractivity contribution in [3.8, 4) is 22.6 Å². The fourth-order valence-electron chi connectivity index (χ4n) is 4.45. The normalized spacial score (nSPS) is 16.2. The first kappa shape index (κ1) is 27.4. The second-order valence-corrected chi connectivity index (χ2v) is 8.76. The highest BCUT2D eigenvalue weighted by molar-refractivity contribution is 6.34. The van der Waals surface area contributed by atoms with Crippen molar-refractivity contribution in [1.29, 1.82) is 0 Å². The van der Waals surface area contributed by atoms with E-state index < -0.39 is 11.6 Å². The number of hydrogen-bond donors (Lipinski definition) is 2. The van der Waals surface area contributed by atoms with Gasteiger partial charge in [-0.05, 0) is 44.1 Å². The molecule has 0 saturated heterocycles. The third-order valence-corrected chi connectivity index (χ3v) is 6.17. The van der Waals surface area contributed by atoms with Gasteiger partial charge in [-0.2, -0.15) is 0 Å². The minimum atomic E-state index is -0.611. The quantitative estimate of drug-likeness (QED) is 0.406. The summed E-state index contributed by atoms with van der Waals surface area (Å²) in [5.74, 6) is -0.565. The van der Waals surface area contributed by atoms with Crippen molar-refractivity contribution in [1.82, 2.24) is 10.6 Å². The van der Waals surface area contributed by atoms with Crippen molar-refractivity contribution in [3.05, 3.63) is 81.9 Å². The summed E-state index contributed by atoms with van der Waals surface area (Å²) in [6.07, 6.45) is 1.71. The lowest BCUT2D eigenvalue weighted by atomic mass is 9.75. The first-order chi connectivity index (χ1) is 17.4. The molecule has 0 bridgehead atoms. The Kier molecular flexibility index (Phi) is 9.67. The molecular weight excluding hydrogens is 486 g/mol. The van der Waals surface area contributed by atoms with Crippen LogP contribution in [0.1, 0.15) is 42.1 Å². The topological polar surface area (TPSA) is 59.6 Å². The highest BCUT2D eigenvalue weighted by Crippen LogP contribution is 2.58. The maximum atomic E-state index is 15.4. The first-order valence-corrected chi connectivity index (χ1v) is 12.2. The summed E-state index contributed by atoms with van der Waals surface area (Å²) in [6, 6.07) is 14.6. The van der Waals surface area contributed by atoms with Gasteiger partial charge in [-0.25, -0.2) is 8.78 Å².